The standard InChI is InChI=1S/2C24H19ClF3N5O3.C12H11BClFN2O4.C12H10ClF2N3O.2CH4/c2*1-35-20-3-2-18(30-31-20)24(34)13-8-12(16(26)9-15(13)25)14-11-29-32-23-21(14)17(27)10-19(22(23)28)33-4-6-36-7-5-33;1-21-11-3-2-10(16-17-11)12(18)6-4-7(13(19)20)9(15)5-8(6)14;13-7-6-16-17-12-10(7)8(14)5-9(11(12)15)18-1-3-19-4-2-18;;/h2*2-3,8-11,24,34H,4-7H2,1H3;2-5,12,18-20H,1H3;5-6H,1-4H2;2*1H4/t2*24-;;;;/m10..../s1. The fraction of sp³-hybridized carbons (Fsp3) is 0.270. The highest BCUT2D eigenvalue weighted by Gasteiger charge is 2.31. The van der Waals surface area contributed by atoms with Crippen LogP contribution in [0.15, 0.2) is 110 Å². The Balaban J connectivity index is 0.000000166. The largest absolute Gasteiger partial charge is 0.491 e. The summed E-state index contributed by atoms with van der Waals surface area (Å²) in [5, 5.41) is 94.7. The quantitative estimate of drug-likeness (QED) is 0.0470. The molecule has 3 saturated heterocycles. The lowest BCUT2D eigenvalue weighted by molar-refractivity contribution is 0.122. The molecule has 114 heavy (non-hydrogen) atoms. The molecule has 0 amide bonds. The van der Waals surface area contributed by atoms with Crippen molar-refractivity contribution in [2.45, 2.75) is 33.2 Å². The van der Waals surface area contributed by atoms with Crippen molar-refractivity contribution in [3.63, 3.8) is 0 Å². The van der Waals surface area contributed by atoms with Gasteiger partial charge < -0.3 is 68.5 Å². The van der Waals surface area contributed by atoms with Crippen LogP contribution in [0.2, 0.25) is 20.1 Å². The zero-order valence-corrected chi connectivity index (χ0v) is 61.5. The maximum absolute atomic E-state index is 15.5. The molecule has 6 aromatic carbocycles. The number of morpholine rings is 3. The lowest BCUT2D eigenvalue weighted by atomic mass is 9.78. The molecule has 26 nitrogen and oxygen atoms in total. The van der Waals surface area contributed by atoms with Crippen molar-refractivity contribution in [3.05, 3.63) is 216 Å². The van der Waals surface area contributed by atoms with Crippen LogP contribution in [0.5, 0.6) is 17.6 Å². The first-order chi connectivity index (χ1) is 53.9. The average molecular weight is 1670 g/mol. The van der Waals surface area contributed by atoms with Crippen molar-refractivity contribution in [3.8, 4) is 39.9 Å². The van der Waals surface area contributed by atoms with Gasteiger partial charge in [-0.05, 0) is 48.5 Å². The number of aromatic nitrogens is 12. The molecule has 3 aliphatic rings. The summed E-state index contributed by atoms with van der Waals surface area (Å²) in [6, 6.07) is 18.6. The fourth-order valence-corrected chi connectivity index (χ4v) is 13.1. The number of aliphatic hydroxyl groups excluding tert-OH is 3. The van der Waals surface area contributed by atoms with Gasteiger partial charge in [0.15, 0.2) is 17.5 Å². The number of fused-ring (bicyclic) bond motifs is 3. The molecular weight excluding hydrogens is 1600 g/mol. The van der Waals surface area contributed by atoms with Crippen molar-refractivity contribution in [2.75, 3.05) is 115 Å². The second kappa shape index (κ2) is 38.2. The summed E-state index contributed by atoms with van der Waals surface area (Å²) in [6.07, 6.45) is -0.601. The van der Waals surface area contributed by atoms with Crippen LogP contribution in [0.1, 0.15) is 66.9 Å². The molecule has 0 bridgehead atoms. The minimum Gasteiger partial charge on any atom is -0.480 e. The third kappa shape index (κ3) is 18.5. The number of halogens is 13. The van der Waals surface area contributed by atoms with Crippen LogP contribution in [-0.2, 0) is 14.2 Å². The van der Waals surface area contributed by atoms with E-state index in [9.17, 15) is 28.5 Å². The second-order valence-electron chi connectivity index (χ2n) is 24.4. The minimum absolute atomic E-state index is 0. The number of nitrogens with zero attached hydrogens (tertiary/aromatic N) is 15. The number of rotatable bonds is 15. The van der Waals surface area contributed by atoms with E-state index in [4.69, 9.17) is 84.9 Å². The molecule has 9 heterocycles. The minimum atomic E-state index is -2.02. The van der Waals surface area contributed by atoms with Crippen LogP contribution in [0.3, 0.4) is 0 Å². The first-order valence-electron chi connectivity index (χ1n) is 33.4. The molecule has 0 spiro atoms. The highest BCUT2D eigenvalue weighted by Crippen LogP contribution is 2.43. The second-order valence-corrected chi connectivity index (χ2v) is 26.1. The highest BCUT2D eigenvalue weighted by molar-refractivity contribution is 6.58. The van der Waals surface area contributed by atoms with Gasteiger partial charge in [-0.15, -0.1) is 45.9 Å². The number of hydrogen-bond acceptors (Lipinski definition) is 26. The van der Waals surface area contributed by atoms with Gasteiger partial charge >= 0.3 is 7.12 Å². The van der Waals surface area contributed by atoms with Gasteiger partial charge in [-0.25, -0.2) is 39.5 Å². The van der Waals surface area contributed by atoms with E-state index < -0.39 is 83.2 Å². The predicted octanol–water partition coefficient (Wildman–Crippen LogP) is 11.9. The van der Waals surface area contributed by atoms with Gasteiger partial charge in [-0.1, -0.05) is 67.3 Å². The SMILES string of the molecule is C.C.COc1ccc(C(O)c2cc(B(O)O)c(F)cc2Cl)nn1.COc1ccc([C@@H](O)c2cc(-c3cnnc4c(F)c(N5CCOCC5)cc(F)c34)c(F)cc2Cl)nn1.COc1ccc([C@H](O)c2cc(-c3cnnc4c(F)c(N5CCOCC5)cc(F)c34)c(F)cc2Cl)nn1.Fc1c(N2CCOCC2)cc(F)c2c(Cl)cnnc12. The molecule has 0 aliphatic carbocycles. The molecule has 598 valence electrons. The summed E-state index contributed by atoms with van der Waals surface area (Å²) in [7, 11) is 2.24. The van der Waals surface area contributed by atoms with Crippen molar-refractivity contribution < 1.29 is 93.3 Å². The Kier molecular flexibility index (Phi) is 28.8. The Morgan fingerprint density at radius 3 is 0.991 bits per heavy atom. The smallest absolute Gasteiger partial charge is 0.480 e. The Morgan fingerprint density at radius 1 is 0.368 bits per heavy atom. The van der Waals surface area contributed by atoms with E-state index in [2.05, 4.69) is 61.2 Å². The van der Waals surface area contributed by atoms with Gasteiger partial charge in [0, 0.05) is 135 Å². The maximum Gasteiger partial charge on any atom is 0.491 e. The molecule has 3 aliphatic heterocycles. The number of hydrogen-bond donors (Lipinski definition) is 5. The third-order valence-electron chi connectivity index (χ3n) is 17.8. The Labute approximate surface area is 663 Å². The van der Waals surface area contributed by atoms with Gasteiger partial charge in [-0.2, -0.15) is 15.3 Å². The molecule has 0 radical (unpaired) electrons. The maximum atomic E-state index is 15.5. The van der Waals surface area contributed by atoms with Crippen LogP contribution >= 0.6 is 46.4 Å². The van der Waals surface area contributed by atoms with Gasteiger partial charge in [0.25, 0.3) is 0 Å². The lowest BCUT2D eigenvalue weighted by Gasteiger charge is -2.29. The molecular formula is C74H67BCl4F9N15O11. The molecule has 12 aromatic rings. The zero-order valence-electron chi connectivity index (χ0n) is 58.5. The number of benzene rings is 6. The van der Waals surface area contributed by atoms with Crippen molar-refractivity contribution in [2.24, 2.45) is 0 Å². The van der Waals surface area contributed by atoms with Gasteiger partial charge in [0.1, 0.15) is 69.8 Å². The molecule has 3 atom stereocenters. The van der Waals surface area contributed by atoms with Crippen molar-refractivity contribution >= 4 is 109 Å². The highest BCUT2D eigenvalue weighted by atomic mass is 35.5. The summed E-state index contributed by atoms with van der Waals surface area (Å²) in [5.41, 5.74) is -0.718. The van der Waals surface area contributed by atoms with Gasteiger partial charge in [-0.3, -0.25) is 0 Å². The Morgan fingerprint density at radius 2 is 0.675 bits per heavy atom. The van der Waals surface area contributed by atoms with E-state index in [-0.39, 0.29) is 158 Å². The molecule has 40 heteroatoms. The van der Waals surface area contributed by atoms with Crippen molar-refractivity contribution in [1.29, 1.82) is 0 Å². The summed E-state index contributed by atoms with van der Waals surface area (Å²) in [6.45, 7) is 5.05. The first-order valence-corrected chi connectivity index (χ1v) is 34.9. The van der Waals surface area contributed by atoms with Crippen LogP contribution in [0.4, 0.5) is 56.6 Å². The van der Waals surface area contributed by atoms with Crippen LogP contribution in [0.25, 0.3) is 55.0 Å². The lowest BCUT2D eigenvalue weighted by Crippen LogP contribution is -2.36. The van der Waals surface area contributed by atoms with E-state index in [0.29, 0.717) is 78.9 Å². The molecule has 15 rings (SSSR count). The van der Waals surface area contributed by atoms with Gasteiger partial charge in [0.2, 0.25) is 17.6 Å². The monoisotopic (exact) mass is 1660 g/mol. The van der Waals surface area contributed by atoms with E-state index in [1.165, 1.54) is 76.1 Å². The van der Waals surface area contributed by atoms with E-state index in [0.717, 1.165) is 54.9 Å². The van der Waals surface area contributed by atoms with Crippen LogP contribution < -0.4 is 34.4 Å². The Bertz CT molecular complexity index is 5200. The van der Waals surface area contributed by atoms with E-state index >= 15 is 26.3 Å². The number of aliphatic hydroxyl groups is 3. The third-order valence-corrected chi connectivity index (χ3v) is 19.1. The van der Waals surface area contributed by atoms with Crippen LogP contribution in [0, 0.1) is 52.4 Å². The normalized spacial score (nSPS) is 14.2. The molecule has 5 N–H and O–H groups in total. The predicted molar refractivity (Wildman–Crippen MR) is 406 cm³/mol. The van der Waals surface area contributed by atoms with E-state index in [1.807, 2.05) is 0 Å². The number of anilines is 3. The summed E-state index contributed by atoms with van der Waals surface area (Å²) in [5.74, 6) is -6.12. The number of ether oxygens (including phenoxy) is 6. The molecule has 3 fully saturated rings. The zero-order chi connectivity index (χ0) is 79.8. The molecule has 1 unspecified atom stereocenters. The number of methoxy groups -OCH3 is 3. The fourth-order valence-electron chi connectivity index (χ4n) is 12.1. The topological polar surface area (TPSA) is 321 Å². The summed E-state index contributed by atoms with van der Waals surface area (Å²) >= 11 is 24.1. The average Bonchev–Trinajstić information content (AvgIpc) is 0.756. The summed E-state index contributed by atoms with van der Waals surface area (Å²) < 4.78 is 164. The van der Waals surface area contributed by atoms with Crippen molar-refractivity contribution in [1.82, 2.24) is 61.2 Å². The van der Waals surface area contributed by atoms with Gasteiger partial charge in [0.05, 0.1) is 135 Å². The first kappa shape index (κ1) is 86.1. The van der Waals surface area contributed by atoms with Crippen LogP contribution in [-0.4, -0.2) is 194 Å². The molecule has 0 saturated carbocycles. The Hall–Kier alpha value is -10.3. The van der Waals surface area contributed by atoms with E-state index in [1.54, 1.807) is 14.7 Å². The molecule has 6 aromatic heterocycles. The summed E-state index contributed by atoms with van der Waals surface area (Å²) in [4.78, 5) is 5.04.